The summed E-state index contributed by atoms with van der Waals surface area (Å²) in [7, 11) is 0. The monoisotopic (exact) mass is 402 g/mol. The lowest BCUT2D eigenvalue weighted by Gasteiger charge is -2.41. The van der Waals surface area contributed by atoms with Crippen molar-refractivity contribution >= 4 is 5.97 Å². The minimum Gasteiger partial charge on any atom is -0.457 e. The molecule has 0 amide bonds. The molecule has 2 aromatic rings. The Morgan fingerprint density at radius 1 is 0.931 bits per heavy atom. The Morgan fingerprint density at radius 3 is 2.10 bits per heavy atom. The standard InChI is InChI=1S/C22H26O7/c1-15(23)28-20-19(24)18(14-26-12-16-8-4-2-5-9-16)29-22(25)21(20)27-13-17-10-6-3-7-11-17/h2-11,18-22,24-25H,12-14H2,1H3/t18-,19-,20+,21-,22-/m1/s1. The fourth-order valence-corrected chi connectivity index (χ4v) is 3.18. The smallest absolute Gasteiger partial charge is 0.303 e. The second kappa shape index (κ2) is 10.5. The second-order valence-corrected chi connectivity index (χ2v) is 6.89. The Morgan fingerprint density at radius 2 is 1.52 bits per heavy atom. The van der Waals surface area contributed by atoms with Gasteiger partial charge >= 0.3 is 5.97 Å². The van der Waals surface area contributed by atoms with Crippen LogP contribution in [0.3, 0.4) is 0 Å². The quantitative estimate of drug-likeness (QED) is 0.650. The van der Waals surface area contributed by atoms with Crippen molar-refractivity contribution < 1.29 is 34.0 Å². The van der Waals surface area contributed by atoms with E-state index < -0.39 is 36.7 Å². The van der Waals surface area contributed by atoms with Crippen LogP contribution in [0.2, 0.25) is 0 Å². The second-order valence-electron chi connectivity index (χ2n) is 6.89. The molecule has 29 heavy (non-hydrogen) atoms. The maximum atomic E-state index is 11.5. The molecule has 0 spiro atoms. The predicted molar refractivity (Wildman–Crippen MR) is 104 cm³/mol. The molecule has 0 radical (unpaired) electrons. The maximum Gasteiger partial charge on any atom is 0.303 e. The summed E-state index contributed by atoms with van der Waals surface area (Å²) >= 11 is 0. The van der Waals surface area contributed by atoms with Gasteiger partial charge in [-0.05, 0) is 11.1 Å². The van der Waals surface area contributed by atoms with Crippen molar-refractivity contribution in [3.63, 3.8) is 0 Å². The van der Waals surface area contributed by atoms with Gasteiger partial charge in [0.2, 0.25) is 0 Å². The van der Waals surface area contributed by atoms with Gasteiger partial charge in [0.1, 0.15) is 18.3 Å². The van der Waals surface area contributed by atoms with Crippen molar-refractivity contribution in [3.8, 4) is 0 Å². The highest BCUT2D eigenvalue weighted by Gasteiger charge is 2.47. The van der Waals surface area contributed by atoms with E-state index in [1.807, 2.05) is 60.7 Å². The minimum atomic E-state index is -1.38. The number of carbonyl (C=O) groups is 1. The van der Waals surface area contributed by atoms with Crippen molar-refractivity contribution in [3.05, 3.63) is 71.8 Å². The van der Waals surface area contributed by atoms with E-state index in [1.165, 1.54) is 6.92 Å². The number of aliphatic hydroxyl groups is 2. The van der Waals surface area contributed by atoms with Crippen LogP contribution in [0.1, 0.15) is 18.1 Å². The largest absolute Gasteiger partial charge is 0.457 e. The van der Waals surface area contributed by atoms with E-state index >= 15 is 0 Å². The van der Waals surface area contributed by atoms with Crippen LogP contribution in [0, 0.1) is 0 Å². The summed E-state index contributed by atoms with van der Waals surface area (Å²) in [5.74, 6) is -0.583. The fourth-order valence-electron chi connectivity index (χ4n) is 3.18. The lowest BCUT2D eigenvalue weighted by Crippen LogP contribution is -2.60. The van der Waals surface area contributed by atoms with Gasteiger partial charge < -0.3 is 29.2 Å². The van der Waals surface area contributed by atoms with E-state index in [0.29, 0.717) is 6.61 Å². The molecule has 0 bridgehead atoms. The van der Waals surface area contributed by atoms with Gasteiger partial charge in [-0.1, -0.05) is 60.7 Å². The van der Waals surface area contributed by atoms with Crippen LogP contribution in [-0.4, -0.2) is 53.5 Å². The molecule has 2 aromatic carbocycles. The SMILES string of the molecule is CC(=O)O[C@H]1[C@H](O)[C@@H](COCc2ccccc2)O[C@@H](O)[C@@H]1OCc1ccccc1. The van der Waals surface area contributed by atoms with Crippen LogP contribution in [-0.2, 0) is 37.0 Å². The summed E-state index contributed by atoms with van der Waals surface area (Å²) in [6.07, 6.45) is -5.56. The van der Waals surface area contributed by atoms with Gasteiger partial charge in [0.15, 0.2) is 12.4 Å². The number of esters is 1. The molecule has 1 aliphatic rings. The number of carbonyl (C=O) groups excluding carboxylic acids is 1. The van der Waals surface area contributed by atoms with Crippen molar-refractivity contribution in [1.29, 1.82) is 0 Å². The van der Waals surface area contributed by atoms with E-state index in [4.69, 9.17) is 18.9 Å². The summed E-state index contributed by atoms with van der Waals surface area (Å²) in [6, 6.07) is 18.9. The van der Waals surface area contributed by atoms with Gasteiger partial charge in [0.05, 0.1) is 19.8 Å². The first kappa shape index (κ1) is 21.4. The molecule has 2 N–H and O–H groups in total. The molecule has 0 saturated carbocycles. The predicted octanol–water partition coefficient (Wildman–Crippen LogP) is 1.80. The highest BCUT2D eigenvalue weighted by molar-refractivity contribution is 5.66. The molecular weight excluding hydrogens is 376 g/mol. The number of benzene rings is 2. The van der Waals surface area contributed by atoms with E-state index in [2.05, 4.69) is 0 Å². The molecule has 1 fully saturated rings. The summed E-state index contributed by atoms with van der Waals surface area (Å²) in [6.45, 7) is 1.77. The van der Waals surface area contributed by atoms with Gasteiger partial charge in [-0.3, -0.25) is 4.79 Å². The first-order chi connectivity index (χ1) is 14.0. The van der Waals surface area contributed by atoms with E-state index in [1.54, 1.807) is 0 Å². The van der Waals surface area contributed by atoms with Crippen LogP contribution in [0.5, 0.6) is 0 Å². The number of ether oxygens (including phenoxy) is 4. The summed E-state index contributed by atoms with van der Waals surface area (Å²) < 4.78 is 22.1. The maximum absolute atomic E-state index is 11.5. The summed E-state index contributed by atoms with van der Waals surface area (Å²) in [5, 5.41) is 21.1. The third-order valence-corrected chi connectivity index (χ3v) is 4.62. The van der Waals surface area contributed by atoms with Gasteiger partial charge in [-0.25, -0.2) is 0 Å². The van der Waals surface area contributed by atoms with Crippen LogP contribution in [0.4, 0.5) is 0 Å². The molecular formula is C22H26O7. The molecule has 156 valence electrons. The number of hydrogen-bond donors (Lipinski definition) is 2. The number of aliphatic hydroxyl groups excluding tert-OH is 2. The molecule has 0 unspecified atom stereocenters. The normalized spacial score (nSPS) is 26.8. The average Bonchev–Trinajstić information content (AvgIpc) is 2.72. The molecule has 7 heteroatoms. The van der Waals surface area contributed by atoms with E-state index in [9.17, 15) is 15.0 Å². The van der Waals surface area contributed by atoms with Crippen LogP contribution in [0.15, 0.2) is 60.7 Å². The Bertz CT molecular complexity index is 752. The Hall–Kier alpha value is -2.29. The third kappa shape index (κ3) is 6.09. The molecule has 7 nitrogen and oxygen atoms in total. The zero-order valence-corrected chi connectivity index (χ0v) is 16.2. The van der Waals surface area contributed by atoms with Crippen molar-refractivity contribution in [2.75, 3.05) is 6.61 Å². The molecule has 1 saturated heterocycles. The van der Waals surface area contributed by atoms with Gasteiger partial charge in [-0.2, -0.15) is 0 Å². The van der Waals surface area contributed by atoms with E-state index in [0.717, 1.165) is 11.1 Å². The molecule has 3 rings (SSSR count). The first-order valence-corrected chi connectivity index (χ1v) is 9.50. The summed E-state index contributed by atoms with van der Waals surface area (Å²) in [4.78, 5) is 11.5. The first-order valence-electron chi connectivity index (χ1n) is 9.50. The number of rotatable bonds is 8. The van der Waals surface area contributed by atoms with E-state index in [-0.39, 0.29) is 13.2 Å². The molecule has 0 aromatic heterocycles. The lowest BCUT2D eigenvalue weighted by atomic mass is 9.98. The zero-order chi connectivity index (χ0) is 20.6. The van der Waals surface area contributed by atoms with Crippen LogP contribution >= 0.6 is 0 Å². The van der Waals surface area contributed by atoms with Crippen LogP contribution < -0.4 is 0 Å². The minimum absolute atomic E-state index is 0.0241. The molecule has 5 atom stereocenters. The van der Waals surface area contributed by atoms with Crippen molar-refractivity contribution in [1.82, 2.24) is 0 Å². The topological polar surface area (TPSA) is 94.5 Å². The van der Waals surface area contributed by atoms with Gasteiger partial charge in [-0.15, -0.1) is 0 Å². The fraction of sp³-hybridized carbons (Fsp3) is 0.409. The molecule has 1 heterocycles. The Kier molecular flexibility index (Phi) is 7.74. The number of hydrogen-bond acceptors (Lipinski definition) is 7. The Labute approximate surface area is 169 Å². The van der Waals surface area contributed by atoms with Crippen molar-refractivity contribution in [2.45, 2.75) is 50.8 Å². The summed E-state index contributed by atoms with van der Waals surface area (Å²) in [5.41, 5.74) is 1.85. The molecule has 1 aliphatic heterocycles. The molecule has 0 aliphatic carbocycles. The average molecular weight is 402 g/mol. The highest BCUT2D eigenvalue weighted by Crippen LogP contribution is 2.26. The highest BCUT2D eigenvalue weighted by atomic mass is 16.7. The lowest BCUT2D eigenvalue weighted by molar-refractivity contribution is -0.302. The van der Waals surface area contributed by atoms with Gasteiger partial charge in [0.25, 0.3) is 0 Å². The Balaban J connectivity index is 1.61. The van der Waals surface area contributed by atoms with Crippen LogP contribution in [0.25, 0.3) is 0 Å². The van der Waals surface area contributed by atoms with Crippen molar-refractivity contribution in [2.24, 2.45) is 0 Å². The van der Waals surface area contributed by atoms with Gasteiger partial charge in [0, 0.05) is 6.92 Å². The zero-order valence-electron chi connectivity index (χ0n) is 16.2. The third-order valence-electron chi connectivity index (χ3n) is 4.62.